The smallest absolute Gasteiger partial charge is 0.132 e. The van der Waals surface area contributed by atoms with Crippen molar-refractivity contribution < 1.29 is 9.75 Å². The molecule has 0 aliphatic carbocycles. The van der Waals surface area contributed by atoms with Gasteiger partial charge in [-0.2, -0.15) is 0 Å². The van der Waals surface area contributed by atoms with Gasteiger partial charge in [-0.05, 0) is 23.6 Å². The summed E-state index contributed by atoms with van der Waals surface area (Å²) in [4.78, 5) is 4.35. The van der Waals surface area contributed by atoms with E-state index in [2.05, 4.69) is 11.6 Å². The molecular formula is C19H22N2O2. The number of hydrogen-bond donors (Lipinski definition) is 1. The third-order valence-electron chi connectivity index (χ3n) is 5.82. The molecule has 1 aromatic heterocycles. The molecule has 4 heterocycles. The van der Waals surface area contributed by atoms with Crippen LogP contribution in [0, 0.1) is 17.0 Å². The van der Waals surface area contributed by atoms with E-state index in [0.717, 1.165) is 29.3 Å². The quantitative estimate of drug-likeness (QED) is 0.538. The molecule has 2 aromatic rings. The van der Waals surface area contributed by atoms with E-state index in [1.54, 1.807) is 6.20 Å². The number of hydroxylamine groups is 3. The molecule has 0 radical (unpaired) electrons. The minimum absolute atomic E-state index is 0.282. The predicted octanol–water partition coefficient (Wildman–Crippen LogP) is 3.18. The van der Waals surface area contributed by atoms with Crippen LogP contribution in [0.25, 0.3) is 10.9 Å². The van der Waals surface area contributed by atoms with Crippen molar-refractivity contribution in [3.63, 3.8) is 0 Å². The Morgan fingerprint density at radius 3 is 2.96 bits per heavy atom. The second kappa shape index (κ2) is 5.41. The Balaban J connectivity index is 1.72. The van der Waals surface area contributed by atoms with Crippen LogP contribution >= 0.6 is 0 Å². The fourth-order valence-electron chi connectivity index (χ4n) is 4.53. The van der Waals surface area contributed by atoms with E-state index in [1.165, 1.54) is 0 Å². The van der Waals surface area contributed by atoms with E-state index in [1.807, 2.05) is 36.4 Å². The van der Waals surface area contributed by atoms with Gasteiger partial charge in [-0.15, -0.1) is 6.58 Å². The van der Waals surface area contributed by atoms with Gasteiger partial charge in [0.25, 0.3) is 0 Å². The number of aromatic nitrogens is 1. The Kier molecular flexibility index (Phi) is 3.48. The molecular weight excluding hydrogens is 288 g/mol. The van der Waals surface area contributed by atoms with Crippen LogP contribution in [-0.4, -0.2) is 33.9 Å². The van der Waals surface area contributed by atoms with Gasteiger partial charge in [0.2, 0.25) is 0 Å². The van der Waals surface area contributed by atoms with Gasteiger partial charge < -0.3 is 15.0 Å². The Bertz CT molecular complexity index is 742. The zero-order valence-electron chi connectivity index (χ0n) is 13.1. The number of para-hydroxylation sites is 1. The van der Waals surface area contributed by atoms with E-state index in [4.69, 9.17) is 0 Å². The largest absolute Gasteiger partial charge is 0.632 e. The molecule has 5 atom stereocenters. The van der Waals surface area contributed by atoms with Crippen molar-refractivity contribution in [2.24, 2.45) is 11.8 Å². The molecule has 0 spiro atoms. The van der Waals surface area contributed by atoms with E-state index in [0.29, 0.717) is 24.9 Å². The zero-order chi connectivity index (χ0) is 16.0. The van der Waals surface area contributed by atoms with Crippen LogP contribution in [0.4, 0.5) is 0 Å². The van der Waals surface area contributed by atoms with Gasteiger partial charge in [0.1, 0.15) is 12.1 Å². The van der Waals surface area contributed by atoms with Crippen LogP contribution in [-0.2, 0) is 0 Å². The van der Waals surface area contributed by atoms with Crippen LogP contribution in [0.1, 0.15) is 24.5 Å². The third-order valence-corrected chi connectivity index (χ3v) is 5.82. The van der Waals surface area contributed by atoms with Crippen LogP contribution in [0.2, 0.25) is 0 Å². The van der Waals surface area contributed by atoms with Crippen molar-refractivity contribution >= 4 is 10.9 Å². The summed E-state index contributed by atoms with van der Waals surface area (Å²) in [7, 11) is 0. The molecule has 5 rings (SSSR count). The number of quaternary nitrogens is 1. The van der Waals surface area contributed by atoms with Crippen LogP contribution in [0.5, 0.6) is 0 Å². The lowest BCUT2D eigenvalue weighted by atomic mass is 9.73. The summed E-state index contributed by atoms with van der Waals surface area (Å²) in [6, 6.07) is 9.37. The Hall–Kier alpha value is -1.75. The van der Waals surface area contributed by atoms with Gasteiger partial charge in [0.15, 0.2) is 0 Å². The van der Waals surface area contributed by atoms with Gasteiger partial charge in [-0.3, -0.25) is 4.98 Å². The second-order valence-corrected chi connectivity index (χ2v) is 6.97. The fraction of sp³-hybridized carbons (Fsp3) is 0.421. The molecule has 3 aliphatic rings. The van der Waals surface area contributed by atoms with Gasteiger partial charge in [-0.1, -0.05) is 24.3 Å². The minimum atomic E-state index is -0.742. The first kappa shape index (κ1) is 14.8. The second-order valence-electron chi connectivity index (χ2n) is 6.97. The summed E-state index contributed by atoms with van der Waals surface area (Å²) in [5.74, 6) is 0.771. The molecule has 1 aromatic carbocycles. The summed E-state index contributed by atoms with van der Waals surface area (Å²) in [6.07, 6.45) is 4.63. The highest BCUT2D eigenvalue weighted by molar-refractivity contribution is 5.82. The average Bonchev–Trinajstić information content (AvgIpc) is 2.60. The van der Waals surface area contributed by atoms with Gasteiger partial charge in [0, 0.05) is 30.3 Å². The molecule has 0 amide bonds. The number of benzene rings is 1. The first-order valence-corrected chi connectivity index (χ1v) is 8.34. The molecule has 4 heteroatoms. The lowest BCUT2D eigenvalue weighted by Crippen LogP contribution is -2.64. The highest BCUT2D eigenvalue weighted by Gasteiger charge is 2.49. The van der Waals surface area contributed by atoms with E-state index >= 15 is 0 Å². The number of aliphatic hydroxyl groups excluding tert-OH is 1. The Morgan fingerprint density at radius 1 is 1.35 bits per heavy atom. The maximum atomic E-state index is 13.3. The molecule has 4 nitrogen and oxygen atoms in total. The highest BCUT2D eigenvalue weighted by atomic mass is 16.6. The molecule has 1 N–H and O–H groups in total. The monoisotopic (exact) mass is 310 g/mol. The van der Waals surface area contributed by atoms with E-state index < -0.39 is 6.10 Å². The SMILES string of the molecule is C=CC1C[N+]2([O-])CCC1CC2C(O)c1ccnc2ccccc12. The summed E-state index contributed by atoms with van der Waals surface area (Å²) >= 11 is 0. The molecule has 5 unspecified atom stereocenters. The number of aliphatic hydroxyl groups is 1. The standard InChI is InChI=1S/C19H22N2O2/c1-2-13-12-21(23)10-8-14(13)11-18(21)19(22)16-7-9-20-17-6-4-3-5-15(16)17/h2-7,9,13-14,18-19,22H,1,8,10-12H2. The first-order chi connectivity index (χ1) is 11.1. The molecule has 3 fully saturated rings. The number of pyridine rings is 1. The van der Waals surface area contributed by atoms with E-state index in [9.17, 15) is 10.3 Å². The molecule has 3 aliphatic heterocycles. The molecule has 3 saturated heterocycles. The summed E-state index contributed by atoms with van der Waals surface area (Å²) in [5, 5.41) is 25.3. The molecule has 120 valence electrons. The van der Waals surface area contributed by atoms with Crippen molar-refractivity contribution in [2.75, 3.05) is 13.1 Å². The van der Waals surface area contributed by atoms with Gasteiger partial charge in [0.05, 0.1) is 18.6 Å². The van der Waals surface area contributed by atoms with Crippen LogP contribution < -0.4 is 0 Å². The van der Waals surface area contributed by atoms with Crippen molar-refractivity contribution in [3.8, 4) is 0 Å². The predicted molar refractivity (Wildman–Crippen MR) is 90.3 cm³/mol. The summed E-state index contributed by atoms with van der Waals surface area (Å²) < 4.78 is -0.287. The van der Waals surface area contributed by atoms with Crippen LogP contribution in [0.15, 0.2) is 49.2 Å². The summed E-state index contributed by atoms with van der Waals surface area (Å²) in [5.41, 5.74) is 1.69. The number of piperidine rings is 3. The van der Waals surface area contributed by atoms with Gasteiger partial charge >= 0.3 is 0 Å². The maximum Gasteiger partial charge on any atom is 0.132 e. The van der Waals surface area contributed by atoms with E-state index in [-0.39, 0.29) is 10.7 Å². The Morgan fingerprint density at radius 2 is 2.17 bits per heavy atom. The van der Waals surface area contributed by atoms with Crippen LogP contribution in [0.3, 0.4) is 0 Å². The molecule has 0 saturated carbocycles. The number of fused-ring (bicyclic) bond motifs is 4. The van der Waals surface area contributed by atoms with Crippen molar-refractivity contribution in [1.82, 2.24) is 4.98 Å². The highest BCUT2D eigenvalue weighted by Crippen LogP contribution is 2.46. The normalized spacial score (nSPS) is 34.4. The zero-order valence-corrected chi connectivity index (χ0v) is 13.1. The topological polar surface area (TPSA) is 56.2 Å². The molecule has 23 heavy (non-hydrogen) atoms. The maximum absolute atomic E-state index is 13.3. The average molecular weight is 310 g/mol. The third kappa shape index (κ3) is 2.29. The lowest BCUT2D eigenvalue weighted by Gasteiger charge is -2.61. The minimum Gasteiger partial charge on any atom is -0.632 e. The van der Waals surface area contributed by atoms with Crippen molar-refractivity contribution in [3.05, 3.63) is 60.0 Å². The lowest BCUT2D eigenvalue weighted by molar-refractivity contribution is -0.929. The first-order valence-electron chi connectivity index (χ1n) is 8.34. The number of rotatable bonds is 3. The molecule has 2 bridgehead atoms. The van der Waals surface area contributed by atoms with Crippen molar-refractivity contribution in [2.45, 2.75) is 25.0 Å². The van der Waals surface area contributed by atoms with Gasteiger partial charge in [-0.25, -0.2) is 0 Å². The van der Waals surface area contributed by atoms with Crippen molar-refractivity contribution in [1.29, 1.82) is 0 Å². The summed E-state index contributed by atoms with van der Waals surface area (Å²) in [6.45, 7) is 5.05. The Labute approximate surface area is 136 Å². The number of nitrogens with zero attached hydrogens (tertiary/aromatic N) is 2. The number of hydrogen-bond acceptors (Lipinski definition) is 3. The fourth-order valence-corrected chi connectivity index (χ4v) is 4.53.